The van der Waals surface area contributed by atoms with Gasteiger partial charge in [0.2, 0.25) is 0 Å². The molecule has 0 saturated heterocycles. The number of amides is 1. The summed E-state index contributed by atoms with van der Waals surface area (Å²) in [4.78, 5) is 25.5. The number of benzene rings is 1. The van der Waals surface area contributed by atoms with E-state index in [2.05, 4.69) is 43.0 Å². The summed E-state index contributed by atoms with van der Waals surface area (Å²) >= 11 is 0. The molecule has 1 N–H and O–H groups in total. The smallest absolute Gasteiger partial charge is 0.312 e. The zero-order valence-electron chi connectivity index (χ0n) is 18.1. The Balaban J connectivity index is 1.97. The molecule has 0 bridgehead atoms. The van der Waals surface area contributed by atoms with Crippen LogP contribution in [0.3, 0.4) is 0 Å². The Kier molecular flexibility index (Phi) is 7.50. The highest BCUT2D eigenvalue weighted by Crippen LogP contribution is 2.22. The minimum atomic E-state index is -0.401. The van der Waals surface area contributed by atoms with Crippen LogP contribution in [0.2, 0.25) is 0 Å². The van der Waals surface area contributed by atoms with E-state index in [1.54, 1.807) is 30.7 Å². The van der Waals surface area contributed by atoms with Gasteiger partial charge in [0.05, 0.1) is 11.5 Å². The van der Waals surface area contributed by atoms with Crippen LogP contribution in [0.15, 0.2) is 24.3 Å². The molecule has 0 aliphatic heterocycles. The number of rotatable bonds is 9. The Labute approximate surface area is 172 Å². The molecule has 2 aromatic rings. The largest absolute Gasteiger partial charge is 0.351 e. The third-order valence-corrected chi connectivity index (χ3v) is 5.06. The topological polar surface area (TPSA) is 93.3 Å². The average Bonchev–Trinajstić information content (AvgIpc) is 2.91. The minimum absolute atomic E-state index is 0.0536. The molecule has 2 rings (SSSR count). The lowest BCUT2D eigenvalue weighted by Crippen LogP contribution is -2.42. The molecule has 8 heteroatoms. The fraction of sp³-hybridized carbons (Fsp3) is 0.524. The number of aromatic nitrogens is 2. The van der Waals surface area contributed by atoms with Gasteiger partial charge in [0.25, 0.3) is 5.91 Å². The highest BCUT2D eigenvalue weighted by molar-refractivity contribution is 5.94. The number of carbonyl (C=O) groups excluding carboxylic acids is 1. The molecule has 1 aromatic carbocycles. The van der Waals surface area contributed by atoms with Gasteiger partial charge in [0.1, 0.15) is 11.4 Å². The predicted molar refractivity (Wildman–Crippen MR) is 113 cm³/mol. The Bertz CT molecular complexity index is 848. The molecule has 0 aliphatic carbocycles. The van der Waals surface area contributed by atoms with Crippen molar-refractivity contribution in [3.63, 3.8) is 0 Å². The van der Waals surface area contributed by atoms with Gasteiger partial charge in [0, 0.05) is 30.7 Å². The fourth-order valence-electron chi connectivity index (χ4n) is 3.55. The lowest BCUT2D eigenvalue weighted by atomic mass is 10.1. The molecule has 1 aromatic heterocycles. The van der Waals surface area contributed by atoms with Crippen molar-refractivity contribution in [2.45, 2.75) is 60.2 Å². The maximum atomic E-state index is 12.4. The molecule has 0 fully saturated rings. The Morgan fingerprint density at radius 1 is 1.17 bits per heavy atom. The minimum Gasteiger partial charge on any atom is -0.351 e. The molecule has 0 aliphatic rings. The quantitative estimate of drug-likeness (QED) is 0.514. The Morgan fingerprint density at radius 2 is 1.76 bits per heavy atom. The van der Waals surface area contributed by atoms with Gasteiger partial charge in [-0.1, -0.05) is 12.1 Å². The number of aryl methyl sites for hydroxylation is 1. The van der Waals surface area contributed by atoms with Crippen LogP contribution in [-0.4, -0.2) is 50.7 Å². The summed E-state index contributed by atoms with van der Waals surface area (Å²) < 4.78 is 1.62. The highest BCUT2D eigenvalue weighted by Gasteiger charge is 2.21. The van der Waals surface area contributed by atoms with E-state index in [0.29, 0.717) is 42.1 Å². The maximum absolute atomic E-state index is 12.4. The molecular weight excluding hydrogens is 370 g/mol. The molecule has 0 saturated carbocycles. The van der Waals surface area contributed by atoms with Gasteiger partial charge in [-0.2, -0.15) is 5.10 Å². The number of hydrogen-bond acceptors (Lipinski definition) is 5. The average molecular weight is 402 g/mol. The van der Waals surface area contributed by atoms with Crippen LogP contribution in [0.1, 0.15) is 55.0 Å². The molecular formula is C21H31N5O3. The summed E-state index contributed by atoms with van der Waals surface area (Å²) in [6.07, 6.45) is 0. The number of nitrogens with one attached hydrogen (secondary N) is 1. The molecule has 1 heterocycles. The Hall–Kier alpha value is -2.74. The first-order valence-electron chi connectivity index (χ1n) is 9.93. The highest BCUT2D eigenvalue weighted by atomic mass is 16.6. The second-order valence-electron chi connectivity index (χ2n) is 7.81. The lowest BCUT2D eigenvalue weighted by molar-refractivity contribution is -0.386. The van der Waals surface area contributed by atoms with E-state index in [-0.39, 0.29) is 11.6 Å². The van der Waals surface area contributed by atoms with Crippen molar-refractivity contribution in [2.75, 3.05) is 13.1 Å². The van der Waals surface area contributed by atoms with Crippen molar-refractivity contribution in [1.29, 1.82) is 0 Å². The van der Waals surface area contributed by atoms with Gasteiger partial charge >= 0.3 is 5.69 Å². The van der Waals surface area contributed by atoms with Crippen molar-refractivity contribution in [2.24, 2.45) is 0 Å². The van der Waals surface area contributed by atoms with Crippen molar-refractivity contribution in [3.8, 4) is 0 Å². The molecule has 158 valence electrons. The van der Waals surface area contributed by atoms with Crippen molar-refractivity contribution >= 4 is 11.6 Å². The van der Waals surface area contributed by atoms with E-state index in [4.69, 9.17) is 0 Å². The van der Waals surface area contributed by atoms with Crippen LogP contribution in [0, 0.1) is 24.0 Å². The molecule has 29 heavy (non-hydrogen) atoms. The van der Waals surface area contributed by atoms with E-state index in [1.807, 2.05) is 12.1 Å². The zero-order chi connectivity index (χ0) is 21.7. The van der Waals surface area contributed by atoms with E-state index in [0.717, 1.165) is 12.1 Å². The summed E-state index contributed by atoms with van der Waals surface area (Å²) in [6.45, 7) is 13.7. The molecule has 0 unspecified atom stereocenters. The van der Waals surface area contributed by atoms with E-state index >= 15 is 0 Å². The standard InChI is InChI=1S/C21H31N5O3/c1-14(2)24(15(3)4)12-11-22-21(27)19-9-7-18(8-10-19)13-25-17(6)20(26(28)29)16(5)23-25/h7-10,14-15H,11-13H2,1-6H3,(H,22,27). The van der Waals surface area contributed by atoms with Crippen molar-refractivity contribution < 1.29 is 9.72 Å². The van der Waals surface area contributed by atoms with Crippen LogP contribution in [-0.2, 0) is 6.54 Å². The van der Waals surface area contributed by atoms with Crippen LogP contribution >= 0.6 is 0 Å². The second kappa shape index (κ2) is 9.65. The van der Waals surface area contributed by atoms with E-state index < -0.39 is 4.92 Å². The lowest BCUT2D eigenvalue weighted by Gasteiger charge is -2.30. The van der Waals surface area contributed by atoms with Gasteiger partial charge in [-0.25, -0.2) is 0 Å². The monoisotopic (exact) mass is 401 g/mol. The summed E-state index contributed by atoms with van der Waals surface area (Å²) in [6, 6.07) is 8.10. The fourth-order valence-corrected chi connectivity index (χ4v) is 3.55. The normalized spacial score (nSPS) is 11.5. The first-order valence-corrected chi connectivity index (χ1v) is 9.93. The summed E-state index contributed by atoms with van der Waals surface area (Å²) in [5.41, 5.74) is 2.49. The second-order valence-corrected chi connectivity index (χ2v) is 7.81. The summed E-state index contributed by atoms with van der Waals surface area (Å²) in [5.74, 6) is -0.106. The van der Waals surface area contributed by atoms with Crippen LogP contribution in [0.25, 0.3) is 0 Å². The number of carbonyl (C=O) groups is 1. The van der Waals surface area contributed by atoms with Gasteiger partial charge in [-0.3, -0.25) is 24.5 Å². The number of nitro groups is 1. The van der Waals surface area contributed by atoms with E-state index in [1.165, 1.54) is 0 Å². The molecule has 0 atom stereocenters. The van der Waals surface area contributed by atoms with Gasteiger partial charge in [-0.05, 0) is 59.2 Å². The van der Waals surface area contributed by atoms with Crippen LogP contribution in [0.4, 0.5) is 5.69 Å². The molecule has 1 amide bonds. The maximum Gasteiger partial charge on any atom is 0.312 e. The first-order chi connectivity index (χ1) is 13.6. The Morgan fingerprint density at radius 3 is 2.24 bits per heavy atom. The zero-order valence-corrected chi connectivity index (χ0v) is 18.1. The number of nitrogens with zero attached hydrogens (tertiary/aromatic N) is 4. The van der Waals surface area contributed by atoms with Gasteiger partial charge in [-0.15, -0.1) is 0 Å². The van der Waals surface area contributed by atoms with Crippen LogP contribution < -0.4 is 5.32 Å². The third kappa shape index (κ3) is 5.63. The first kappa shape index (κ1) is 22.5. The van der Waals surface area contributed by atoms with Crippen molar-refractivity contribution in [3.05, 3.63) is 56.9 Å². The van der Waals surface area contributed by atoms with Gasteiger partial charge in [0.15, 0.2) is 0 Å². The van der Waals surface area contributed by atoms with Crippen molar-refractivity contribution in [1.82, 2.24) is 20.0 Å². The third-order valence-electron chi connectivity index (χ3n) is 5.06. The molecule has 0 spiro atoms. The summed E-state index contributed by atoms with van der Waals surface area (Å²) in [7, 11) is 0. The van der Waals surface area contributed by atoms with Gasteiger partial charge < -0.3 is 5.32 Å². The molecule has 0 radical (unpaired) electrons. The predicted octanol–water partition coefficient (Wildman–Crippen LogP) is 3.31. The summed E-state index contributed by atoms with van der Waals surface area (Å²) in [5, 5.41) is 18.4. The van der Waals surface area contributed by atoms with Crippen LogP contribution in [0.5, 0.6) is 0 Å². The molecule has 8 nitrogen and oxygen atoms in total. The van der Waals surface area contributed by atoms with E-state index in [9.17, 15) is 14.9 Å². The SMILES string of the molecule is Cc1nn(Cc2ccc(C(=O)NCCN(C(C)C)C(C)C)cc2)c(C)c1[N+](=O)[O-]. The number of hydrogen-bond donors (Lipinski definition) is 1.